The molecule has 0 atom stereocenters. The number of hydrogen-bond acceptors (Lipinski definition) is 3. The van der Waals surface area contributed by atoms with Crippen LogP contribution >= 0.6 is 0 Å². The molecule has 1 heterocycles. The summed E-state index contributed by atoms with van der Waals surface area (Å²) in [5, 5.41) is 3.30. The number of benzene rings is 1. The molecule has 98 valence electrons. The number of aromatic nitrogens is 2. The standard InChI is InChI=1S/C16H19N3/c1-3-17-15-10-14(12-7-8-12)18-16(19-15)13-6-4-5-11(2)9-13/h4-6,9-10,12H,3,7-8H2,1-2H3,(H,17,18,19). The second-order valence-electron chi connectivity index (χ2n) is 5.18. The Hall–Kier alpha value is -1.90. The molecule has 1 aliphatic carbocycles. The van der Waals surface area contributed by atoms with Crippen molar-refractivity contribution in [1.82, 2.24) is 9.97 Å². The number of anilines is 1. The first kappa shape index (κ1) is 12.2. The zero-order valence-electron chi connectivity index (χ0n) is 11.5. The highest BCUT2D eigenvalue weighted by atomic mass is 15.0. The van der Waals surface area contributed by atoms with Gasteiger partial charge in [0.2, 0.25) is 0 Å². The first-order valence-electron chi connectivity index (χ1n) is 6.96. The normalized spacial score (nSPS) is 14.4. The van der Waals surface area contributed by atoms with Crippen LogP contribution in [-0.4, -0.2) is 16.5 Å². The fraction of sp³-hybridized carbons (Fsp3) is 0.375. The number of rotatable bonds is 4. The van der Waals surface area contributed by atoms with Crippen LogP contribution < -0.4 is 5.32 Å². The van der Waals surface area contributed by atoms with Gasteiger partial charge in [0, 0.05) is 29.8 Å². The van der Waals surface area contributed by atoms with Gasteiger partial charge in [-0.05, 0) is 32.8 Å². The number of aryl methyl sites for hydroxylation is 1. The number of nitrogens with one attached hydrogen (secondary N) is 1. The molecular formula is C16H19N3. The molecule has 1 aromatic carbocycles. The second-order valence-corrected chi connectivity index (χ2v) is 5.18. The van der Waals surface area contributed by atoms with Crippen molar-refractivity contribution in [2.45, 2.75) is 32.6 Å². The van der Waals surface area contributed by atoms with Gasteiger partial charge in [0.05, 0.1) is 0 Å². The fourth-order valence-corrected chi connectivity index (χ4v) is 2.24. The van der Waals surface area contributed by atoms with Gasteiger partial charge in [0.1, 0.15) is 5.82 Å². The minimum absolute atomic E-state index is 0.643. The van der Waals surface area contributed by atoms with Gasteiger partial charge in [-0.15, -0.1) is 0 Å². The lowest BCUT2D eigenvalue weighted by Gasteiger charge is -2.09. The maximum Gasteiger partial charge on any atom is 0.161 e. The van der Waals surface area contributed by atoms with Crippen molar-refractivity contribution in [2.75, 3.05) is 11.9 Å². The van der Waals surface area contributed by atoms with Crippen LogP contribution in [0.15, 0.2) is 30.3 Å². The van der Waals surface area contributed by atoms with Crippen molar-refractivity contribution in [3.8, 4) is 11.4 Å². The van der Waals surface area contributed by atoms with Crippen molar-refractivity contribution in [3.05, 3.63) is 41.6 Å². The summed E-state index contributed by atoms with van der Waals surface area (Å²) in [5.74, 6) is 2.42. The van der Waals surface area contributed by atoms with E-state index in [1.54, 1.807) is 0 Å². The molecule has 0 amide bonds. The van der Waals surface area contributed by atoms with Gasteiger partial charge in [0.15, 0.2) is 5.82 Å². The topological polar surface area (TPSA) is 37.8 Å². The molecule has 1 aromatic heterocycles. The maximum atomic E-state index is 4.74. The molecular weight excluding hydrogens is 234 g/mol. The van der Waals surface area contributed by atoms with E-state index in [0.29, 0.717) is 5.92 Å². The SMILES string of the molecule is CCNc1cc(C2CC2)nc(-c2cccc(C)c2)n1. The van der Waals surface area contributed by atoms with Crippen LogP contribution in [-0.2, 0) is 0 Å². The third kappa shape index (κ3) is 2.75. The summed E-state index contributed by atoms with van der Waals surface area (Å²) >= 11 is 0. The Morgan fingerprint density at radius 2 is 2.05 bits per heavy atom. The lowest BCUT2D eigenvalue weighted by Crippen LogP contribution is -2.03. The van der Waals surface area contributed by atoms with E-state index in [-0.39, 0.29) is 0 Å². The van der Waals surface area contributed by atoms with Crippen LogP contribution in [0.25, 0.3) is 11.4 Å². The number of nitrogens with zero attached hydrogens (tertiary/aromatic N) is 2. The van der Waals surface area contributed by atoms with Crippen molar-refractivity contribution in [1.29, 1.82) is 0 Å². The largest absolute Gasteiger partial charge is 0.370 e. The van der Waals surface area contributed by atoms with E-state index in [1.807, 2.05) is 0 Å². The van der Waals surface area contributed by atoms with E-state index in [4.69, 9.17) is 4.98 Å². The second kappa shape index (κ2) is 5.00. The Bertz CT molecular complexity index is 588. The van der Waals surface area contributed by atoms with Crippen LogP contribution in [0.4, 0.5) is 5.82 Å². The first-order valence-corrected chi connectivity index (χ1v) is 6.96. The van der Waals surface area contributed by atoms with Crippen LogP contribution in [0.3, 0.4) is 0 Å². The molecule has 0 bridgehead atoms. The summed E-state index contributed by atoms with van der Waals surface area (Å²) in [6.07, 6.45) is 2.52. The van der Waals surface area contributed by atoms with E-state index < -0.39 is 0 Å². The van der Waals surface area contributed by atoms with Gasteiger partial charge in [-0.2, -0.15) is 0 Å². The Morgan fingerprint density at radius 3 is 2.74 bits per heavy atom. The van der Waals surface area contributed by atoms with E-state index in [1.165, 1.54) is 24.1 Å². The van der Waals surface area contributed by atoms with E-state index >= 15 is 0 Å². The van der Waals surface area contributed by atoms with Gasteiger partial charge in [-0.3, -0.25) is 0 Å². The van der Waals surface area contributed by atoms with Crippen molar-refractivity contribution >= 4 is 5.82 Å². The van der Waals surface area contributed by atoms with Crippen molar-refractivity contribution in [3.63, 3.8) is 0 Å². The molecule has 1 saturated carbocycles. The summed E-state index contributed by atoms with van der Waals surface area (Å²) in [6, 6.07) is 10.5. The molecule has 19 heavy (non-hydrogen) atoms. The van der Waals surface area contributed by atoms with E-state index in [0.717, 1.165) is 23.8 Å². The molecule has 0 radical (unpaired) electrons. The summed E-state index contributed by atoms with van der Waals surface area (Å²) in [5.41, 5.74) is 3.52. The van der Waals surface area contributed by atoms with Crippen LogP contribution in [0.2, 0.25) is 0 Å². The average molecular weight is 253 g/mol. The minimum Gasteiger partial charge on any atom is -0.370 e. The molecule has 1 aliphatic rings. The van der Waals surface area contributed by atoms with Gasteiger partial charge >= 0.3 is 0 Å². The molecule has 2 aromatic rings. The van der Waals surface area contributed by atoms with Crippen LogP contribution in [0.1, 0.15) is 36.9 Å². The average Bonchev–Trinajstić information content (AvgIpc) is 3.23. The molecule has 1 fully saturated rings. The smallest absolute Gasteiger partial charge is 0.161 e. The van der Waals surface area contributed by atoms with Gasteiger partial charge in [-0.1, -0.05) is 23.8 Å². The third-order valence-electron chi connectivity index (χ3n) is 3.38. The predicted molar refractivity (Wildman–Crippen MR) is 78.3 cm³/mol. The molecule has 3 nitrogen and oxygen atoms in total. The lowest BCUT2D eigenvalue weighted by atomic mass is 10.1. The lowest BCUT2D eigenvalue weighted by molar-refractivity contribution is 0.988. The van der Waals surface area contributed by atoms with Gasteiger partial charge in [-0.25, -0.2) is 9.97 Å². The summed E-state index contributed by atoms with van der Waals surface area (Å²) in [7, 11) is 0. The Labute approximate surface area is 114 Å². The Morgan fingerprint density at radius 1 is 1.21 bits per heavy atom. The van der Waals surface area contributed by atoms with Crippen molar-refractivity contribution < 1.29 is 0 Å². The van der Waals surface area contributed by atoms with E-state index in [2.05, 4.69) is 54.5 Å². The Balaban J connectivity index is 2.03. The Kier molecular flexibility index (Phi) is 3.20. The molecule has 3 heteroatoms. The van der Waals surface area contributed by atoms with Crippen LogP contribution in [0.5, 0.6) is 0 Å². The molecule has 0 saturated heterocycles. The molecule has 0 unspecified atom stereocenters. The molecule has 3 rings (SSSR count). The summed E-state index contributed by atoms with van der Waals surface area (Å²) in [4.78, 5) is 9.36. The first-order chi connectivity index (χ1) is 9.26. The van der Waals surface area contributed by atoms with Crippen LogP contribution in [0, 0.1) is 6.92 Å². The molecule has 1 N–H and O–H groups in total. The third-order valence-corrected chi connectivity index (χ3v) is 3.38. The highest BCUT2D eigenvalue weighted by molar-refractivity contribution is 5.59. The molecule has 0 aliphatic heterocycles. The zero-order valence-corrected chi connectivity index (χ0v) is 11.5. The maximum absolute atomic E-state index is 4.74. The highest BCUT2D eigenvalue weighted by Crippen LogP contribution is 2.40. The van der Waals surface area contributed by atoms with Gasteiger partial charge in [0.25, 0.3) is 0 Å². The van der Waals surface area contributed by atoms with Gasteiger partial charge < -0.3 is 5.32 Å². The summed E-state index contributed by atoms with van der Waals surface area (Å²) in [6.45, 7) is 5.07. The number of hydrogen-bond donors (Lipinski definition) is 1. The van der Waals surface area contributed by atoms with E-state index in [9.17, 15) is 0 Å². The predicted octanol–water partition coefficient (Wildman–Crippen LogP) is 3.76. The monoisotopic (exact) mass is 253 g/mol. The fourth-order valence-electron chi connectivity index (χ4n) is 2.24. The highest BCUT2D eigenvalue weighted by Gasteiger charge is 2.26. The quantitative estimate of drug-likeness (QED) is 0.901. The van der Waals surface area contributed by atoms with Crippen molar-refractivity contribution in [2.24, 2.45) is 0 Å². The molecule has 0 spiro atoms. The summed E-state index contributed by atoms with van der Waals surface area (Å²) < 4.78 is 0. The zero-order chi connectivity index (χ0) is 13.2. The minimum atomic E-state index is 0.643.